The molecule has 1 fully saturated rings. The summed E-state index contributed by atoms with van der Waals surface area (Å²) in [5, 5.41) is 1.98. The Balaban J connectivity index is 1.82. The number of thiophene rings is 1. The molecule has 6 heteroatoms. The Morgan fingerprint density at radius 3 is 2.81 bits per heavy atom. The van der Waals surface area contributed by atoms with Crippen molar-refractivity contribution in [2.24, 2.45) is 7.05 Å². The van der Waals surface area contributed by atoms with Gasteiger partial charge in [0.2, 0.25) is 0 Å². The van der Waals surface area contributed by atoms with Gasteiger partial charge in [0.25, 0.3) is 5.91 Å². The summed E-state index contributed by atoms with van der Waals surface area (Å²) >= 11 is 1.53. The molecule has 0 radical (unpaired) electrons. The maximum absolute atomic E-state index is 12.7. The van der Waals surface area contributed by atoms with E-state index < -0.39 is 0 Å². The van der Waals surface area contributed by atoms with Gasteiger partial charge in [0.05, 0.1) is 10.9 Å². The molecule has 112 valence electrons. The average Bonchev–Trinajstić information content (AvgIpc) is 3.07. The molecular weight excluding hydrogens is 284 g/mol. The van der Waals surface area contributed by atoms with Crippen LogP contribution in [0.2, 0.25) is 0 Å². The molecule has 1 amide bonds. The lowest BCUT2D eigenvalue weighted by Crippen LogP contribution is -2.49. The van der Waals surface area contributed by atoms with E-state index in [0.29, 0.717) is 6.54 Å². The number of hydrogen-bond donors (Lipinski definition) is 0. The maximum atomic E-state index is 12.7. The van der Waals surface area contributed by atoms with Crippen LogP contribution in [0.15, 0.2) is 23.8 Å². The minimum absolute atomic E-state index is 0.148. The van der Waals surface area contributed by atoms with Crippen molar-refractivity contribution in [2.45, 2.75) is 13.0 Å². The van der Waals surface area contributed by atoms with Crippen molar-refractivity contribution in [2.75, 3.05) is 26.7 Å². The highest BCUT2D eigenvalue weighted by Crippen LogP contribution is 2.25. The standard InChI is InChI=1S/C15H20N4OS/c1-11-4-9-21-13(11)15(20)19-8-7-17(2)12(10-19)14-16-5-6-18(14)3/h4-6,9,12H,7-8,10H2,1-3H3/t12-/m0/s1. The molecule has 1 atom stereocenters. The van der Waals surface area contributed by atoms with Gasteiger partial charge < -0.3 is 9.47 Å². The summed E-state index contributed by atoms with van der Waals surface area (Å²) < 4.78 is 2.03. The zero-order chi connectivity index (χ0) is 15.0. The van der Waals surface area contributed by atoms with Gasteiger partial charge in [-0.05, 0) is 31.0 Å². The molecule has 0 bridgehead atoms. The number of piperazine rings is 1. The number of aromatic nitrogens is 2. The van der Waals surface area contributed by atoms with Crippen LogP contribution in [-0.4, -0.2) is 51.9 Å². The molecule has 1 aliphatic heterocycles. The van der Waals surface area contributed by atoms with Gasteiger partial charge in [0.1, 0.15) is 5.82 Å². The van der Waals surface area contributed by atoms with E-state index in [1.54, 1.807) is 0 Å². The normalized spacial score (nSPS) is 20.0. The van der Waals surface area contributed by atoms with E-state index in [4.69, 9.17) is 0 Å². The van der Waals surface area contributed by atoms with Crippen LogP contribution in [-0.2, 0) is 7.05 Å². The molecule has 1 saturated heterocycles. The van der Waals surface area contributed by atoms with Crippen LogP contribution in [0.3, 0.4) is 0 Å². The second kappa shape index (κ2) is 5.61. The Morgan fingerprint density at radius 1 is 1.38 bits per heavy atom. The lowest BCUT2D eigenvalue weighted by Gasteiger charge is -2.38. The Kier molecular flexibility index (Phi) is 3.82. The van der Waals surface area contributed by atoms with Crippen LogP contribution in [0.4, 0.5) is 0 Å². The van der Waals surface area contributed by atoms with Gasteiger partial charge >= 0.3 is 0 Å². The van der Waals surface area contributed by atoms with Crippen molar-refractivity contribution in [3.63, 3.8) is 0 Å². The molecule has 3 rings (SSSR count). The molecular formula is C15H20N4OS. The molecule has 0 unspecified atom stereocenters. The summed E-state index contributed by atoms with van der Waals surface area (Å²) in [6, 6.07) is 2.16. The van der Waals surface area contributed by atoms with Gasteiger partial charge in [0, 0.05) is 39.1 Å². The van der Waals surface area contributed by atoms with Gasteiger partial charge in [-0.15, -0.1) is 11.3 Å². The number of aryl methyl sites for hydroxylation is 2. The molecule has 1 aliphatic rings. The molecule has 0 aliphatic carbocycles. The highest BCUT2D eigenvalue weighted by molar-refractivity contribution is 7.12. The number of carbonyl (C=O) groups is 1. The van der Waals surface area contributed by atoms with Crippen LogP contribution < -0.4 is 0 Å². The first-order chi connectivity index (χ1) is 10.1. The first kappa shape index (κ1) is 14.3. The molecule has 0 aromatic carbocycles. The zero-order valence-corrected chi connectivity index (χ0v) is 13.4. The fraction of sp³-hybridized carbons (Fsp3) is 0.467. The first-order valence-corrected chi connectivity index (χ1v) is 7.96. The molecule has 2 aromatic rings. The van der Waals surface area contributed by atoms with Crippen molar-refractivity contribution in [1.29, 1.82) is 0 Å². The molecule has 0 spiro atoms. The van der Waals surface area contributed by atoms with Gasteiger partial charge in [-0.1, -0.05) is 0 Å². The van der Waals surface area contributed by atoms with E-state index in [1.165, 1.54) is 11.3 Å². The molecule has 3 heterocycles. The summed E-state index contributed by atoms with van der Waals surface area (Å²) in [5.41, 5.74) is 1.07. The van der Waals surface area contributed by atoms with E-state index in [2.05, 4.69) is 16.9 Å². The summed E-state index contributed by atoms with van der Waals surface area (Å²) in [5.74, 6) is 1.16. The van der Waals surface area contributed by atoms with E-state index in [0.717, 1.165) is 29.4 Å². The van der Waals surface area contributed by atoms with Crippen molar-refractivity contribution in [3.05, 3.63) is 40.1 Å². The third-order valence-electron chi connectivity index (χ3n) is 4.15. The molecule has 2 aromatic heterocycles. The van der Waals surface area contributed by atoms with Crippen LogP contribution in [0.1, 0.15) is 27.1 Å². The van der Waals surface area contributed by atoms with E-state index in [1.807, 2.05) is 47.3 Å². The zero-order valence-electron chi connectivity index (χ0n) is 12.6. The van der Waals surface area contributed by atoms with Crippen molar-refractivity contribution < 1.29 is 4.79 Å². The second-order valence-electron chi connectivity index (χ2n) is 5.58. The average molecular weight is 304 g/mol. The number of likely N-dealkylation sites (N-methyl/N-ethyl adjacent to an activating group) is 1. The maximum Gasteiger partial charge on any atom is 0.264 e. The molecule has 0 N–H and O–H groups in total. The minimum atomic E-state index is 0.148. The quantitative estimate of drug-likeness (QED) is 0.851. The SMILES string of the molecule is Cc1ccsc1C(=O)N1CCN(C)[C@H](c2nccn2C)C1. The van der Waals surface area contributed by atoms with E-state index in [9.17, 15) is 4.79 Å². The smallest absolute Gasteiger partial charge is 0.264 e. The predicted molar refractivity (Wildman–Crippen MR) is 83.5 cm³/mol. The lowest BCUT2D eigenvalue weighted by molar-refractivity contribution is 0.0532. The minimum Gasteiger partial charge on any atom is -0.337 e. The van der Waals surface area contributed by atoms with E-state index in [-0.39, 0.29) is 11.9 Å². The monoisotopic (exact) mass is 304 g/mol. The van der Waals surface area contributed by atoms with Gasteiger partial charge in [-0.2, -0.15) is 0 Å². The third kappa shape index (κ3) is 2.61. The highest BCUT2D eigenvalue weighted by Gasteiger charge is 2.31. The summed E-state index contributed by atoms with van der Waals surface area (Å²) in [6.07, 6.45) is 3.76. The Morgan fingerprint density at radius 2 is 2.19 bits per heavy atom. The third-order valence-corrected chi connectivity index (χ3v) is 5.15. The van der Waals surface area contributed by atoms with Crippen LogP contribution >= 0.6 is 11.3 Å². The van der Waals surface area contributed by atoms with Crippen molar-refractivity contribution in [1.82, 2.24) is 19.4 Å². The highest BCUT2D eigenvalue weighted by atomic mass is 32.1. The van der Waals surface area contributed by atoms with Gasteiger partial charge in [-0.3, -0.25) is 9.69 Å². The Hall–Kier alpha value is -1.66. The number of hydrogen-bond acceptors (Lipinski definition) is 4. The first-order valence-electron chi connectivity index (χ1n) is 7.08. The van der Waals surface area contributed by atoms with Crippen molar-refractivity contribution >= 4 is 17.2 Å². The number of amides is 1. The summed E-state index contributed by atoms with van der Waals surface area (Å²) in [6.45, 7) is 4.33. The largest absolute Gasteiger partial charge is 0.337 e. The second-order valence-corrected chi connectivity index (χ2v) is 6.49. The van der Waals surface area contributed by atoms with Crippen LogP contribution in [0, 0.1) is 6.92 Å². The van der Waals surface area contributed by atoms with Gasteiger partial charge in [-0.25, -0.2) is 4.98 Å². The van der Waals surface area contributed by atoms with Crippen LogP contribution in [0.25, 0.3) is 0 Å². The van der Waals surface area contributed by atoms with Crippen molar-refractivity contribution in [3.8, 4) is 0 Å². The summed E-state index contributed by atoms with van der Waals surface area (Å²) in [4.78, 5) is 22.2. The van der Waals surface area contributed by atoms with Crippen LogP contribution in [0.5, 0.6) is 0 Å². The fourth-order valence-corrected chi connectivity index (χ4v) is 3.66. The number of rotatable bonds is 2. The predicted octanol–water partition coefficient (Wildman–Crippen LogP) is 1.92. The number of imidazole rings is 1. The topological polar surface area (TPSA) is 41.4 Å². The fourth-order valence-electron chi connectivity index (χ4n) is 2.77. The number of nitrogens with zero attached hydrogens (tertiary/aromatic N) is 4. The number of carbonyl (C=O) groups excluding carboxylic acids is 1. The van der Waals surface area contributed by atoms with Gasteiger partial charge in [0.15, 0.2) is 0 Å². The van der Waals surface area contributed by atoms with E-state index >= 15 is 0 Å². The molecule has 21 heavy (non-hydrogen) atoms. The molecule has 5 nitrogen and oxygen atoms in total. The summed E-state index contributed by atoms with van der Waals surface area (Å²) in [7, 11) is 4.10. The Labute approximate surface area is 128 Å². The lowest BCUT2D eigenvalue weighted by atomic mass is 10.1. The Bertz CT molecular complexity index is 648. The molecule has 0 saturated carbocycles.